The Bertz CT molecular complexity index is 601. The Morgan fingerprint density at radius 2 is 2.16 bits per heavy atom. The highest BCUT2D eigenvalue weighted by Gasteiger charge is 2.43. The molecule has 0 spiro atoms. The molecule has 4 atom stereocenters. The molecule has 102 valence electrons. The molecule has 2 aromatic rings. The molecule has 2 aromatic heterocycles. The zero-order valence-corrected chi connectivity index (χ0v) is 10.3. The van der Waals surface area contributed by atoms with Gasteiger partial charge >= 0.3 is 0 Å². The fraction of sp³-hybridized carbons (Fsp3) is 0.545. The lowest BCUT2D eigenvalue weighted by Crippen LogP contribution is -2.32. The number of anilines is 1. The topological polar surface area (TPSA) is 119 Å². The third kappa shape index (κ3) is 1.76. The van der Waals surface area contributed by atoms with E-state index in [0.717, 1.165) is 0 Å². The first-order chi connectivity index (χ1) is 9.13. The van der Waals surface area contributed by atoms with Crippen LogP contribution in [0.25, 0.3) is 11.0 Å². The molecule has 0 aromatic carbocycles. The summed E-state index contributed by atoms with van der Waals surface area (Å²) in [6, 6.07) is -0.397. The maximum absolute atomic E-state index is 10.1. The van der Waals surface area contributed by atoms with Crippen molar-refractivity contribution in [3.8, 4) is 0 Å². The second kappa shape index (κ2) is 4.41. The fourth-order valence-corrected chi connectivity index (χ4v) is 2.57. The predicted molar refractivity (Wildman–Crippen MR) is 66.2 cm³/mol. The van der Waals surface area contributed by atoms with E-state index in [2.05, 4.69) is 15.1 Å². The number of ether oxygens (including phenoxy) is 1. The fourth-order valence-electron chi connectivity index (χ4n) is 2.57. The number of nitrogen functional groups attached to an aromatic ring is 1. The van der Waals surface area contributed by atoms with E-state index in [9.17, 15) is 10.2 Å². The van der Waals surface area contributed by atoms with Crippen molar-refractivity contribution in [1.29, 1.82) is 0 Å². The summed E-state index contributed by atoms with van der Waals surface area (Å²) in [4.78, 5) is 8.02. The number of fused-ring (bicyclic) bond motifs is 1. The molecule has 0 aliphatic heterocycles. The van der Waals surface area contributed by atoms with Crippen molar-refractivity contribution < 1.29 is 14.9 Å². The van der Waals surface area contributed by atoms with Gasteiger partial charge < -0.3 is 20.7 Å². The number of aliphatic hydroxyl groups is 2. The normalized spacial score (nSPS) is 31.1. The molecule has 1 aliphatic carbocycles. The minimum atomic E-state index is -0.954. The van der Waals surface area contributed by atoms with E-state index < -0.39 is 24.4 Å². The molecule has 1 aliphatic rings. The smallest absolute Gasteiger partial charge is 0.163 e. The molecular weight excluding hydrogens is 250 g/mol. The molecule has 4 N–H and O–H groups in total. The molecule has 19 heavy (non-hydrogen) atoms. The van der Waals surface area contributed by atoms with Crippen LogP contribution in [0.2, 0.25) is 0 Å². The summed E-state index contributed by atoms with van der Waals surface area (Å²) in [5.74, 6) is 0.340. The molecule has 0 bridgehead atoms. The molecule has 8 nitrogen and oxygen atoms in total. The summed E-state index contributed by atoms with van der Waals surface area (Å²) in [6.45, 7) is 0. The van der Waals surface area contributed by atoms with Crippen molar-refractivity contribution in [3.05, 3.63) is 12.5 Å². The van der Waals surface area contributed by atoms with Crippen LogP contribution in [0.4, 0.5) is 5.82 Å². The predicted octanol–water partition coefficient (Wildman–Crippen LogP) is -0.910. The number of nitrogens with two attached hydrogens (primary N) is 1. The SMILES string of the molecule is CO[C@@H]1C[C@H](n2ncc3c(N)ncnc32)[C@@H](O)[C@H]1O. The van der Waals surface area contributed by atoms with Gasteiger partial charge in [0.05, 0.1) is 23.7 Å². The Kier molecular flexibility index (Phi) is 2.85. The number of rotatable bonds is 2. The van der Waals surface area contributed by atoms with Crippen LogP contribution in [0.3, 0.4) is 0 Å². The van der Waals surface area contributed by atoms with Crippen LogP contribution in [-0.4, -0.2) is 55.4 Å². The van der Waals surface area contributed by atoms with E-state index in [1.54, 1.807) is 10.9 Å². The molecule has 0 unspecified atom stereocenters. The van der Waals surface area contributed by atoms with Crippen LogP contribution in [0.1, 0.15) is 12.5 Å². The molecule has 1 fully saturated rings. The molecule has 0 radical (unpaired) electrons. The van der Waals surface area contributed by atoms with Crippen molar-refractivity contribution in [2.75, 3.05) is 12.8 Å². The first-order valence-electron chi connectivity index (χ1n) is 5.96. The minimum absolute atomic E-state index is 0.340. The second-order valence-corrected chi connectivity index (χ2v) is 4.64. The lowest BCUT2D eigenvalue weighted by atomic mass is 10.2. The van der Waals surface area contributed by atoms with Gasteiger partial charge in [-0.3, -0.25) is 0 Å². The number of hydrogen-bond donors (Lipinski definition) is 3. The van der Waals surface area contributed by atoms with E-state index in [0.29, 0.717) is 23.3 Å². The van der Waals surface area contributed by atoms with E-state index in [1.165, 1.54) is 13.4 Å². The monoisotopic (exact) mass is 265 g/mol. The van der Waals surface area contributed by atoms with Crippen LogP contribution in [0.15, 0.2) is 12.5 Å². The number of aliphatic hydroxyl groups excluding tert-OH is 2. The summed E-state index contributed by atoms with van der Waals surface area (Å²) in [7, 11) is 1.50. The summed E-state index contributed by atoms with van der Waals surface area (Å²) >= 11 is 0. The largest absolute Gasteiger partial charge is 0.388 e. The van der Waals surface area contributed by atoms with Crippen LogP contribution in [0, 0.1) is 0 Å². The quantitative estimate of drug-likeness (QED) is 0.643. The van der Waals surface area contributed by atoms with Gasteiger partial charge in [0.1, 0.15) is 24.4 Å². The Morgan fingerprint density at radius 1 is 1.37 bits per heavy atom. The van der Waals surface area contributed by atoms with Crippen molar-refractivity contribution in [2.45, 2.75) is 30.8 Å². The average Bonchev–Trinajstić information content (AvgIpc) is 2.94. The van der Waals surface area contributed by atoms with E-state index in [1.807, 2.05) is 0 Å². The zero-order chi connectivity index (χ0) is 13.6. The molecule has 0 saturated heterocycles. The van der Waals surface area contributed by atoms with Gasteiger partial charge in [0.15, 0.2) is 5.65 Å². The van der Waals surface area contributed by atoms with Crippen molar-refractivity contribution in [1.82, 2.24) is 19.7 Å². The molecule has 3 rings (SSSR count). The Hall–Kier alpha value is -1.77. The standard InChI is InChI=1S/C11H15N5O3/c1-19-7-2-6(8(17)9(7)18)16-11-5(3-15-16)10(12)13-4-14-11/h3-4,6-9,17-18H,2H2,1H3,(H2,12,13,14)/t6-,7+,8+,9-/m0/s1. The molecule has 2 heterocycles. The molecule has 1 saturated carbocycles. The van der Waals surface area contributed by atoms with Gasteiger partial charge in [0, 0.05) is 13.5 Å². The number of nitrogens with zero attached hydrogens (tertiary/aromatic N) is 4. The van der Waals surface area contributed by atoms with Gasteiger partial charge in [-0.1, -0.05) is 0 Å². The lowest BCUT2D eigenvalue weighted by molar-refractivity contribution is -0.0409. The number of hydrogen-bond acceptors (Lipinski definition) is 7. The Balaban J connectivity index is 2.04. The second-order valence-electron chi connectivity index (χ2n) is 4.64. The third-order valence-corrected chi connectivity index (χ3v) is 3.64. The third-order valence-electron chi connectivity index (χ3n) is 3.64. The van der Waals surface area contributed by atoms with E-state index in [4.69, 9.17) is 10.5 Å². The summed E-state index contributed by atoms with van der Waals surface area (Å²) in [5, 5.41) is 24.8. The van der Waals surface area contributed by atoms with E-state index in [-0.39, 0.29) is 0 Å². The van der Waals surface area contributed by atoms with Crippen LogP contribution < -0.4 is 5.73 Å². The van der Waals surface area contributed by atoms with Crippen LogP contribution in [0.5, 0.6) is 0 Å². The van der Waals surface area contributed by atoms with E-state index >= 15 is 0 Å². The maximum atomic E-state index is 10.1. The highest BCUT2D eigenvalue weighted by Crippen LogP contribution is 2.34. The first-order valence-corrected chi connectivity index (χ1v) is 5.96. The van der Waals surface area contributed by atoms with Gasteiger partial charge in [0.2, 0.25) is 0 Å². The molecule has 0 amide bonds. The number of methoxy groups -OCH3 is 1. The van der Waals surface area contributed by atoms with Gasteiger partial charge in [-0.05, 0) is 0 Å². The minimum Gasteiger partial charge on any atom is -0.388 e. The van der Waals surface area contributed by atoms with Gasteiger partial charge in [-0.25, -0.2) is 14.6 Å². The summed E-state index contributed by atoms with van der Waals surface area (Å²) in [5.41, 5.74) is 6.28. The first kappa shape index (κ1) is 12.3. The van der Waals surface area contributed by atoms with Crippen molar-refractivity contribution in [3.63, 3.8) is 0 Å². The average molecular weight is 265 g/mol. The van der Waals surface area contributed by atoms with Gasteiger partial charge in [-0.15, -0.1) is 0 Å². The lowest BCUT2D eigenvalue weighted by Gasteiger charge is -2.17. The highest BCUT2D eigenvalue weighted by atomic mass is 16.5. The van der Waals surface area contributed by atoms with Gasteiger partial charge in [0.25, 0.3) is 0 Å². The number of aromatic nitrogens is 4. The summed E-state index contributed by atoms with van der Waals surface area (Å²) < 4.78 is 6.72. The van der Waals surface area contributed by atoms with Gasteiger partial charge in [-0.2, -0.15) is 5.10 Å². The Labute approximate surface area is 108 Å². The Morgan fingerprint density at radius 3 is 2.84 bits per heavy atom. The maximum Gasteiger partial charge on any atom is 0.163 e. The molecular formula is C11H15N5O3. The highest BCUT2D eigenvalue weighted by molar-refractivity contribution is 5.84. The van der Waals surface area contributed by atoms with Crippen molar-refractivity contribution >= 4 is 16.9 Å². The summed E-state index contributed by atoms with van der Waals surface area (Å²) in [6.07, 6.45) is 1.06. The van der Waals surface area contributed by atoms with Crippen molar-refractivity contribution in [2.24, 2.45) is 0 Å². The zero-order valence-electron chi connectivity index (χ0n) is 10.3. The van der Waals surface area contributed by atoms with Crippen LogP contribution in [-0.2, 0) is 4.74 Å². The van der Waals surface area contributed by atoms with Crippen LogP contribution >= 0.6 is 0 Å². The molecule has 8 heteroatoms.